The molecule has 170 valence electrons. The lowest BCUT2D eigenvalue weighted by atomic mass is 10.1. The summed E-state index contributed by atoms with van der Waals surface area (Å²) in [6.45, 7) is 5.40. The molecule has 2 unspecified atom stereocenters. The Hall–Kier alpha value is -2.23. The Bertz CT molecular complexity index is 835. The Morgan fingerprint density at radius 1 is 1.19 bits per heavy atom. The zero-order chi connectivity index (χ0) is 21.3. The van der Waals surface area contributed by atoms with Crippen molar-refractivity contribution in [2.45, 2.75) is 19.4 Å². The van der Waals surface area contributed by atoms with Crippen molar-refractivity contribution in [3.8, 4) is 11.5 Å². The standard InChI is InChI=1S/C23H31FN4O2.HI/c1-17(30-20-10-8-19(24)9-11-20)14-26-23(25-2)27-15-18-12-13-28(16-18)21-6-4-5-7-22(21)29-3;/h4-11,17-18H,12-16H2,1-3H3,(H2,25,26,27);1H. The lowest BCUT2D eigenvalue weighted by Gasteiger charge is -2.22. The van der Waals surface area contributed by atoms with E-state index in [1.807, 2.05) is 25.1 Å². The molecule has 2 N–H and O–H groups in total. The summed E-state index contributed by atoms with van der Waals surface area (Å²) in [5.41, 5.74) is 1.15. The molecule has 2 aromatic rings. The Morgan fingerprint density at radius 3 is 2.65 bits per heavy atom. The van der Waals surface area contributed by atoms with Crippen LogP contribution in [0.5, 0.6) is 11.5 Å². The van der Waals surface area contributed by atoms with Crippen LogP contribution in [-0.4, -0.2) is 52.4 Å². The van der Waals surface area contributed by atoms with Gasteiger partial charge in [0.2, 0.25) is 0 Å². The largest absolute Gasteiger partial charge is 0.495 e. The van der Waals surface area contributed by atoms with Gasteiger partial charge in [0, 0.05) is 26.7 Å². The quantitative estimate of drug-likeness (QED) is 0.301. The third kappa shape index (κ3) is 7.45. The highest BCUT2D eigenvalue weighted by atomic mass is 127. The first-order valence-electron chi connectivity index (χ1n) is 10.3. The first kappa shape index (κ1) is 25.0. The number of rotatable bonds is 8. The normalized spacial score (nSPS) is 17.0. The Labute approximate surface area is 201 Å². The van der Waals surface area contributed by atoms with Gasteiger partial charge in [0.15, 0.2) is 5.96 Å². The number of nitrogens with one attached hydrogen (secondary N) is 2. The van der Waals surface area contributed by atoms with Crippen LogP contribution in [0.1, 0.15) is 13.3 Å². The molecule has 1 aliphatic rings. The highest BCUT2D eigenvalue weighted by Crippen LogP contribution is 2.31. The predicted octanol–water partition coefficient (Wildman–Crippen LogP) is 3.91. The molecule has 1 saturated heterocycles. The molecule has 2 aromatic carbocycles. The molecule has 0 aliphatic carbocycles. The van der Waals surface area contributed by atoms with Gasteiger partial charge in [-0.2, -0.15) is 0 Å². The third-order valence-corrected chi connectivity index (χ3v) is 5.20. The van der Waals surface area contributed by atoms with Crippen molar-refractivity contribution in [1.29, 1.82) is 0 Å². The first-order chi connectivity index (χ1) is 14.6. The molecule has 1 heterocycles. The predicted molar refractivity (Wildman–Crippen MR) is 135 cm³/mol. The second-order valence-corrected chi connectivity index (χ2v) is 7.49. The van der Waals surface area contributed by atoms with Crippen molar-refractivity contribution >= 4 is 35.6 Å². The molecule has 0 amide bonds. The van der Waals surface area contributed by atoms with Crippen molar-refractivity contribution in [2.24, 2.45) is 10.9 Å². The number of para-hydroxylation sites is 2. The maximum Gasteiger partial charge on any atom is 0.191 e. The van der Waals surface area contributed by atoms with Crippen LogP contribution in [-0.2, 0) is 0 Å². The van der Waals surface area contributed by atoms with E-state index in [0.29, 0.717) is 18.2 Å². The lowest BCUT2D eigenvalue weighted by Crippen LogP contribution is -2.43. The zero-order valence-corrected chi connectivity index (χ0v) is 20.6. The van der Waals surface area contributed by atoms with Gasteiger partial charge < -0.3 is 25.0 Å². The topological polar surface area (TPSA) is 58.1 Å². The lowest BCUT2D eigenvalue weighted by molar-refractivity contribution is 0.223. The molecule has 0 bridgehead atoms. The SMILES string of the molecule is CN=C(NCC1CCN(c2ccccc2OC)C1)NCC(C)Oc1ccc(F)cc1.I. The number of anilines is 1. The van der Waals surface area contributed by atoms with Gasteiger partial charge in [-0.25, -0.2) is 4.39 Å². The molecular formula is C23H32FIN4O2. The molecule has 0 spiro atoms. The monoisotopic (exact) mass is 542 g/mol. The van der Waals surface area contributed by atoms with Crippen LogP contribution in [0.2, 0.25) is 0 Å². The molecule has 8 heteroatoms. The molecule has 0 saturated carbocycles. The summed E-state index contributed by atoms with van der Waals surface area (Å²) in [7, 11) is 3.47. The summed E-state index contributed by atoms with van der Waals surface area (Å²) in [5, 5.41) is 6.71. The third-order valence-electron chi connectivity index (χ3n) is 5.20. The van der Waals surface area contributed by atoms with Gasteiger partial charge in [0.05, 0.1) is 19.3 Å². The average Bonchev–Trinajstić information content (AvgIpc) is 3.24. The highest BCUT2D eigenvalue weighted by molar-refractivity contribution is 14.0. The van der Waals surface area contributed by atoms with Gasteiger partial charge in [-0.15, -0.1) is 24.0 Å². The molecule has 31 heavy (non-hydrogen) atoms. The number of hydrogen-bond donors (Lipinski definition) is 2. The Balaban J connectivity index is 0.00000341. The summed E-state index contributed by atoms with van der Waals surface area (Å²) < 4.78 is 24.3. The Morgan fingerprint density at radius 2 is 1.94 bits per heavy atom. The number of halogens is 2. The van der Waals surface area contributed by atoms with Crippen molar-refractivity contribution in [3.05, 3.63) is 54.3 Å². The van der Waals surface area contributed by atoms with E-state index < -0.39 is 0 Å². The zero-order valence-electron chi connectivity index (χ0n) is 18.3. The maximum absolute atomic E-state index is 13.0. The summed E-state index contributed by atoms with van der Waals surface area (Å²) in [6, 6.07) is 14.2. The number of benzene rings is 2. The average molecular weight is 542 g/mol. The fourth-order valence-electron chi connectivity index (χ4n) is 3.60. The number of ether oxygens (including phenoxy) is 2. The van der Waals surface area contributed by atoms with Crippen LogP contribution in [0.25, 0.3) is 0 Å². The second-order valence-electron chi connectivity index (χ2n) is 7.49. The minimum absolute atomic E-state index is 0. The molecule has 1 aliphatic heterocycles. The molecule has 2 atom stereocenters. The van der Waals surface area contributed by atoms with Crippen LogP contribution in [0.15, 0.2) is 53.5 Å². The maximum atomic E-state index is 13.0. The molecule has 6 nitrogen and oxygen atoms in total. The molecule has 0 aromatic heterocycles. The van der Waals surface area contributed by atoms with Crippen LogP contribution in [0, 0.1) is 11.7 Å². The van der Waals surface area contributed by atoms with Gasteiger partial charge in [0.25, 0.3) is 0 Å². The second kappa shape index (κ2) is 12.6. The summed E-state index contributed by atoms with van der Waals surface area (Å²) in [5.74, 6) is 2.57. The van der Waals surface area contributed by atoms with Crippen molar-refractivity contribution < 1.29 is 13.9 Å². The first-order valence-corrected chi connectivity index (χ1v) is 10.3. The van der Waals surface area contributed by atoms with E-state index in [1.165, 1.54) is 12.1 Å². The van der Waals surface area contributed by atoms with Gasteiger partial charge >= 0.3 is 0 Å². The smallest absolute Gasteiger partial charge is 0.191 e. The van der Waals surface area contributed by atoms with E-state index in [-0.39, 0.29) is 35.9 Å². The van der Waals surface area contributed by atoms with E-state index in [9.17, 15) is 4.39 Å². The van der Waals surface area contributed by atoms with Gasteiger partial charge in [0.1, 0.15) is 23.4 Å². The van der Waals surface area contributed by atoms with E-state index in [1.54, 1.807) is 26.3 Å². The summed E-state index contributed by atoms with van der Waals surface area (Å²) >= 11 is 0. The van der Waals surface area contributed by atoms with Crippen molar-refractivity contribution in [3.63, 3.8) is 0 Å². The number of hydrogen-bond acceptors (Lipinski definition) is 4. The van der Waals surface area contributed by atoms with E-state index in [4.69, 9.17) is 9.47 Å². The van der Waals surface area contributed by atoms with Crippen LogP contribution in [0.4, 0.5) is 10.1 Å². The minimum Gasteiger partial charge on any atom is -0.495 e. The number of aliphatic imine (C=N–C) groups is 1. The highest BCUT2D eigenvalue weighted by Gasteiger charge is 2.24. The molecule has 0 radical (unpaired) electrons. The molecular weight excluding hydrogens is 510 g/mol. The summed E-state index contributed by atoms with van der Waals surface area (Å²) in [6.07, 6.45) is 1.04. The summed E-state index contributed by atoms with van der Waals surface area (Å²) in [4.78, 5) is 6.67. The van der Waals surface area contributed by atoms with Crippen molar-refractivity contribution in [1.82, 2.24) is 10.6 Å². The van der Waals surface area contributed by atoms with Gasteiger partial charge in [-0.05, 0) is 55.7 Å². The number of methoxy groups -OCH3 is 1. The fourth-order valence-corrected chi connectivity index (χ4v) is 3.60. The number of guanidine groups is 1. The van der Waals surface area contributed by atoms with Gasteiger partial charge in [-0.3, -0.25) is 4.99 Å². The minimum atomic E-state index is -0.270. The van der Waals surface area contributed by atoms with Crippen molar-refractivity contribution in [2.75, 3.05) is 45.2 Å². The van der Waals surface area contributed by atoms with E-state index >= 15 is 0 Å². The molecule has 3 rings (SSSR count). The molecule has 1 fully saturated rings. The number of nitrogens with zero attached hydrogens (tertiary/aromatic N) is 2. The van der Waals surface area contributed by atoms with E-state index in [2.05, 4.69) is 26.6 Å². The van der Waals surface area contributed by atoms with Crippen LogP contribution in [0.3, 0.4) is 0 Å². The van der Waals surface area contributed by atoms with E-state index in [0.717, 1.165) is 43.5 Å². The van der Waals surface area contributed by atoms with Crippen LogP contribution < -0.4 is 25.0 Å². The Kier molecular flexibility index (Phi) is 10.2. The fraction of sp³-hybridized carbons (Fsp3) is 0.435. The van der Waals surface area contributed by atoms with Gasteiger partial charge in [-0.1, -0.05) is 12.1 Å². The van der Waals surface area contributed by atoms with Crippen LogP contribution >= 0.6 is 24.0 Å².